The number of carbonyl (C=O) groups excluding carboxylic acids is 2. The number of aliphatic hydroxyl groups excluding tert-OH is 1. The van der Waals surface area contributed by atoms with E-state index in [2.05, 4.69) is 0 Å². The van der Waals surface area contributed by atoms with Crippen molar-refractivity contribution in [2.75, 3.05) is 0 Å². The van der Waals surface area contributed by atoms with Crippen LogP contribution in [0.2, 0.25) is 0 Å². The number of rotatable bonds is 4. The van der Waals surface area contributed by atoms with E-state index >= 15 is 0 Å². The van der Waals surface area contributed by atoms with E-state index < -0.39 is 12.1 Å². The summed E-state index contributed by atoms with van der Waals surface area (Å²) in [5.41, 5.74) is 0. The Morgan fingerprint density at radius 3 is 1.35 bits per heavy atom. The van der Waals surface area contributed by atoms with Gasteiger partial charge >= 0.3 is 5.97 Å². The third-order valence-electron chi connectivity index (χ3n) is 1.76. The second-order valence-corrected chi connectivity index (χ2v) is 4.10. The van der Waals surface area contributed by atoms with E-state index in [-0.39, 0.29) is 30.8 Å². The van der Waals surface area contributed by atoms with E-state index in [1.165, 1.54) is 6.92 Å². The van der Waals surface area contributed by atoms with Gasteiger partial charge in [-0.25, -0.2) is 4.79 Å². The van der Waals surface area contributed by atoms with Gasteiger partial charge in [-0.2, -0.15) is 0 Å². The second kappa shape index (κ2) is 9.96. The van der Waals surface area contributed by atoms with Crippen LogP contribution in [0.15, 0.2) is 0 Å². The molecular weight excluding hydrogens is 224 g/mol. The van der Waals surface area contributed by atoms with Gasteiger partial charge in [-0.15, -0.1) is 0 Å². The van der Waals surface area contributed by atoms with Gasteiger partial charge in [0.1, 0.15) is 0 Å². The number of hydrogen-bond donors (Lipinski definition) is 2. The Morgan fingerprint density at radius 2 is 1.35 bits per heavy atom. The highest BCUT2D eigenvalue weighted by atomic mass is 16.4. The van der Waals surface area contributed by atoms with Gasteiger partial charge in [-0.05, 0) is 5.92 Å². The molecule has 1 unspecified atom stereocenters. The summed E-state index contributed by atoms with van der Waals surface area (Å²) in [5, 5.41) is 16.7. The van der Waals surface area contributed by atoms with Gasteiger partial charge in [0.25, 0.3) is 0 Å². The smallest absolute Gasteiger partial charge is 0.332 e. The molecule has 0 aliphatic carbocycles. The third-order valence-corrected chi connectivity index (χ3v) is 1.76. The molecular formula is C12H24O5. The fraction of sp³-hybridized carbons (Fsp3) is 0.750. The van der Waals surface area contributed by atoms with Crippen molar-refractivity contribution in [1.82, 2.24) is 0 Å². The van der Waals surface area contributed by atoms with Crippen LogP contribution in [0.4, 0.5) is 0 Å². The van der Waals surface area contributed by atoms with Crippen molar-refractivity contribution >= 4 is 17.5 Å². The number of carboxylic acids is 1. The molecule has 0 aromatic carbocycles. The minimum atomic E-state index is -1.21. The van der Waals surface area contributed by atoms with Crippen LogP contribution >= 0.6 is 0 Å². The van der Waals surface area contributed by atoms with Gasteiger partial charge in [-0.3, -0.25) is 9.59 Å². The van der Waals surface area contributed by atoms with Gasteiger partial charge in [-0.1, -0.05) is 35.1 Å². The number of hydrogen-bond acceptors (Lipinski definition) is 4. The number of ketones is 2. The van der Waals surface area contributed by atoms with Crippen LogP contribution < -0.4 is 0 Å². The molecule has 0 radical (unpaired) electrons. The van der Waals surface area contributed by atoms with Crippen LogP contribution in [-0.2, 0) is 14.4 Å². The van der Waals surface area contributed by atoms with Crippen molar-refractivity contribution in [2.24, 2.45) is 11.8 Å². The summed E-state index contributed by atoms with van der Waals surface area (Å²) in [7, 11) is 0. The highest BCUT2D eigenvalue weighted by molar-refractivity contribution is 6.36. The monoisotopic (exact) mass is 248 g/mol. The van der Waals surface area contributed by atoms with E-state index in [1.54, 1.807) is 27.7 Å². The van der Waals surface area contributed by atoms with Crippen LogP contribution in [-0.4, -0.2) is 33.9 Å². The van der Waals surface area contributed by atoms with E-state index in [1.807, 2.05) is 0 Å². The van der Waals surface area contributed by atoms with Crippen LogP contribution in [0.25, 0.3) is 0 Å². The normalized spacial score (nSPS) is 11.1. The van der Waals surface area contributed by atoms with Crippen LogP contribution in [0.5, 0.6) is 0 Å². The largest absolute Gasteiger partial charge is 0.479 e. The maximum absolute atomic E-state index is 10.5. The molecule has 0 aromatic heterocycles. The summed E-state index contributed by atoms with van der Waals surface area (Å²) in [6, 6.07) is 0. The summed E-state index contributed by atoms with van der Waals surface area (Å²) >= 11 is 0. The lowest BCUT2D eigenvalue weighted by molar-refractivity contribution is -0.148. The lowest BCUT2D eigenvalue weighted by Gasteiger charge is -2.06. The summed E-state index contributed by atoms with van der Waals surface area (Å²) < 4.78 is 0. The lowest BCUT2D eigenvalue weighted by atomic mass is 10.1. The van der Waals surface area contributed by atoms with Crippen molar-refractivity contribution in [2.45, 2.75) is 48.1 Å². The zero-order chi connectivity index (χ0) is 13.5. The Bertz CT molecular complexity index is 256. The molecule has 0 bridgehead atoms. The van der Waals surface area contributed by atoms with Crippen molar-refractivity contribution < 1.29 is 24.6 Å². The third kappa shape index (κ3) is 11.0. The molecule has 0 aliphatic heterocycles. The van der Waals surface area contributed by atoms with Crippen molar-refractivity contribution in [1.29, 1.82) is 0 Å². The van der Waals surface area contributed by atoms with Crippen molar-refractivity contribution in [3.05, 3.63) is 0 Å². The van der Waals surface area contributed by atoms with E-state index in [0.717, 1.165) is 0 Å². The maximum atomic E-state index is 10.5. The van der Waals surface area contributed by atoms with Crippen molar-refractivity contribution in [3.63, 3.8) is 0 Å². The summed E-state index contributed by atoms with van der Waals surface area (Å²) in [5.74, 6) is -2.13. The Labute approximate surface area is 103 Å². The van der Waals surface area contributed by atoms with E-state index in [4.69, 9.17) is 10.2 Å². The SMILES string of the molecule is C.CC(=O)C(=O)C(C)C.CC(C)C(O)C(=O)O. The Balaban J connectivity index is -0.000000218. The molecule has 0 aliphatic rings. The lowest BCUT2D eigenvalue weighted by Crippen LogP contribution is -2.25. The number of Topliss-reactive ketones (excluding diaryl/α,β-unsaturated/α-hetero) is 2. The molecule has 0 spiro atoms. The van der Waals surface area contributed by atoms with Gasteiger partial charge in [0.05, 0.1) is 0 Å². The van der Waals surface area contributed by atoms with Crippen molar-refractivity contribution in [3.8, 4) is 0 Å². The second-order valence-electron chi connectivity index (χ2n) is 4.10. The Morgan fingerprint density at radius 1 is 1.00 bits per heavy atom. The predicted octanol–water partition coefficient (Wildman–Crippen LogP) is 1.52. The number of aliphatic carboxylic acids is 1. The van der Waals surface area contributed by atoms with E-state index in [9.17, 15) is 14.4 Å². The highest BCUT2D eigenvalue weighted by Gasteiger charge is 2.16. The molecule has 0 fully saturated rings. The van der Waals surface area contributed by atoms with Gasteiger partial charge < -0.3 is 10.2 Å². The Hall–Kier alpha value is -1.23. The number of aliphatic hydroxyl groups is 1. The first-order valence-corrected chi connectivity index (χ1v) is 5.06. The molecule has 0 aromatic rings. The quantitative estimate of drug-likeness (QED) is 0.736. The molecule has 17 heavy (non-hydrogen) atoms. The molecule has 5 heteroatoms. The minimum absolute atomic E-state index is 0. The first-order chi connectivity index (χ1) is 7.11. The molecule has 0 rings (SSSR count). The molecule has 0 saturated carbocycles. The zero-order valence-electron chi connectivity index (χ0n) is 10.4. The fourth-order valence-corrected chi connectivity index (χ4v) is 0.692. The summed E-state index contributed by atoms with van der Waals surface area (Å²) in [6.45, 7) is 8.02. The maximum Gasteiger partial charge on any atom is 0.332 e. The average molecular weight is 248 g/mol. The first-order valence-electron chi connectivity index (χ1n) is 5.06. The van der Waals surface area contributed by atoms with Gasteiger partial charge in [0, 0.05) is 12.8 Å². The highest BCUT2D eigenvalue weighted by Crippen LogP contribution is 1.99. The zero-order valence-corrected chi connectivity index (χ0v) is 10.4. The summed E-state index contributed by atoms with van der Waals surface area (Å²) in [6.07, 6.45) is -1.21. The predicted molar refractivity (Wildman–Crippen MR) is 65.7 cm³/mol. The fourth-order valence-electron chi connectivity index (χ4n) is 0.692. The minimum Gasteiger partial charge on any atom is -0.479 e. The van der Waals surface area contributed by atoms with Gasteiger partial charge in [0.2, 0.25) is 5.78 Å². The molecule has 2 N–H and O–H groups in total. The Kier molecular flexibility index (Phi) is 12.4. The molecule has 102 valence electrons. The number of carboxylic acid groups (broad SMARTS) is 1. The topological polar surface area (TPSA) is 91.7 Å². The van der Waals surface area contributed by atoms with E-state index in [0.29, 0.717) is 0 Å². The van der Waals surface area contributed by atoms with Crippen LogP contribution in [0, 0.1) is 11.8 Å². The standard InChI is InChI=1S/C6H10O2.C5H10O3.CH4/c1-4(2)6(8)5(3)7;1-3(2)4(6)5(7)8;/h4H,1-3H3;3-4,6H,1-2H3,(H,7,8);1H4. The van der Waals surface area contributed by atoms with Crippen LogP contribution in [0.1, 0.15) is 42.0 Å². The van der Waals surface area contributed by atoms with Gasteiger partial charge in [0.15, 0.2) is 11.9 Å². The first kappa shape index (κ1) is 21.1. The molecule has 0 saturated heterocycles. The molecule has 1 atom stereocenters. The van der Waals surface area contributed by atoms with Crippen LogP contribution in [0.3, 0.4) is 0 Å². The number of carbonyl (C=O) groups is 3. The molecule has 5 nitrogen and oxygen atoms in total. The summed E-state index contributed by atoms with van der Waals surface area (Å²) in [4.78, 5) is 30.6. The molecule has 0 amide bonds. The average Bonchev–Trinajstić information content (AvgIpc) is 2.15. The molecule has 0 heterocycles.